The monoisotopic (exact) mass is 369 g/mol. The topological polar surface area (TPSA) is 59.3 Å². The molecule has 1 amide bonds. The first-order valence-corrected chi connectivity index (χ1v) is 9.02. The van der Waals surface area contributed by atoms with Crippen LogP contribution >= 0.6 is 0 Å². The second kappa shape index (κ2) is 7.16. The fourth-order valence-electron chi connectivity index (χ4n) is 3.34. The number of hydrogen-bond acceptors (Lipinski definition) is 3. The Morgan fingerprint density at radius 3 is 2.39 bits per heavy atom. The highest BCUT2D eigenvalue weighted by molar-refractivity contribution is 6.04. The lowest BCUT2D eigenvalue weighted by atomic mass is 10.0. The number of anilines is 1. The fourth-order valence-corrected chi connectivity index (χ4v) is 3.34. The third kappa shape index (κ3) is 3.58. The van der Waals surface area contributed by atoms with Crippen molar-refractivity contribution in [1.82, 2.24) is 0 Å². The number of nitrogens with one attached hydrogen (secondary N) is 1. The molecule has 4 aromatic rings. The standard InChI is InChI=1S/C24H19NO3/c1-15-10-16(2)12-19(11-15)23(26)25-20-8-5-7-17(13-20)21-14-18-6-3-4-9-22(18)28-24(21)27/h3-14H,1-2H3,(H,25,26). The van der Waals surface area contributed by atoms with Crippen LogP contribution in [0.15, 0.2) is 82.0 Å². The number of fused-ring (bicyclic) bond motifs is 1. The molecule has 0 bridgehead atoms. The van der Waals surface area contributed by atoms with Crippen LogP contribution in [0.25, 0.3) is 22.1 Å². The maximum atomic E-state index is 12.6. The minimum Gasteiger partial charge on any atom is -0.422 e. The van der Waals surface area contributed by atoms with Crippen molar-refractivity contribution < 1.29 is 9.21 Å². The maximum Gasteiger partial charge on any atom is 0.344 e. The molecule has 0 aliphatic carbocycles. The van der Waals surface area contributed by atoms with Gasteiger partial charge in [-0.15, -0.1) is 0 Å². The van der Waals surface area contributed by atoms with Crippen molar-refractivity contribution in [1.29, 1.82) is 0 Å². The lowest BCUT2D eigenvalue weighted by Crippen LogP contribution is -2.12. The average Bonchev–Trinajstić information content (AvgIpc) is 2.67. The van der Waals surface area contributed by atoms with Gasteiger partial charge in [0.1, 0.15) is 5.58 Å². The summed E-state index contributed by atoms with van der Waals surface area (Å²) in [7, 11) is 0. The molecule has 4 heteroatoms. The third-order valence-electron chi connectivity index (χ3n) is 4.56. The molecule has 0 unspecified atom stereocenters. The summed E-state index contributed by atoms with van der Waals surface area (Å²) >= 11 is 0. The van der Waals surface area contributed by atoms with Crippen LogP contribution in [0.1, 0.15) is 21.5 Å². The van der Waals surface area contributed by atoms with Crippen molar-refractivity contribution in [2.45, 2.75) is 13.8 Å². The van der Waals surface area contributed by atoms with Gasteiger partial charge in [0, 0.05) is 16.6 Å². The van der Waals surface area contributed by atoms with Gasteiger partial charge in [-0.2, -0.15) is 0 Å². The molecule has 0 saturated carbocycles. The molecule has 0 spiro atoms. The number of benzene rings is 3. The van der Waals surface area contributed by atoms with E-state index in [2.05, 4.69) is 5.32 Å². The molecule has 0 atom stereocenters. The predicted molar refractivity (Wildman–Crippen MR) is 112 cm³/mol. The van der Waals surface area contributed by atoms with Crippen molar-refractivity contribution in [3.8, 4) is 11.1 Å². The van der Waals surface area contributed by atoms with Gasteiger partial charge < -0.3 is 9.73 Å². The first kappa shape index (κ1) is 17.7. The van der Waals surface area contributed by atoms with Crippen molar-refractivity contribution in [2.75, 3.05) is 5.32 Å². The van der Waals surface area contributed by atoms with E-state index in [0.717, 1.165) is 16.5 Å². The Kier molecular flexibility index (Phi) is 4.53. The van der Waals surface area contributed by atoms with Crippen LogP contribution in [0.5, 0.6) is 0 Å². The summed E-state index contributed by atoms with van der Waals surface area (Å²) in [6.45, 7) is 3.92. The molecule has 0 radical (unpaired) electrons. The van der Waals surface area contributed by atoms with Gasteiger partial charge in [0.2, 0.25) is 0 Å². The number of carbonyl (C=O) groups is 1. The van der Waals surface area contributed by atoms with E-state index in [1.54, 1.807) is 24.3 Å². The van der Waals surface area contributed by atoms with Gasteiger partial charge in [0.25, 0.3) is 5.91 Å². The zero-order valence-corrected chi connectivity index (χ0v) is 15.7. The lowest BCUT2D eigenvalue weighted by Gasteiger charge is -2.09. The quantitative estimate of drug-likeness (QED) is 0.497. The van der Waals surface area contributed by atoms with Gasteiger partial charge in [0.15, 0.2) is 0 Å². The largest absolute Gasteiger partial charge is 0.422 e. The lowest BCUT2D eigenvalue weighted by molar-refractivity contribution is 0.102. The van der Waals surface area contributed by atoms with Gasteiger partial charge in [-0.25, -0.2) is 4.79 Å². The number of amides is 1. The zero-order valence-electron chi connectivity index (χ0n) is 15.7. The number of para-hydroxylation sites is 1. The summed E-state index contributed by atoms with van der Waals surface area (Å²) in [6, 6.07) is 22.1. The summed E-state index contributed by atoms with van der Waals surface area (Å²) < 4.78 is 5.42. The number of carbonyl (C=O) groups excluding carboxylic acids is 1. The Balaban J connectivity index is 1.67. The van der Waals surface area contributed by atoms with Gasteiger partial charge in [0.05, 0.1) is 5.56 Å². The van der Waals surface area contributed by atoms with Crippen molar-refractivity contribution in [3.05, 3.63) is 99.9 Å². The smallest absolute Gasteiger partial charge is 0.344 e. The summed E-state index contributed by atoms with van der Waals surface area (Å²) in [4.78, 5) is 25.0. The summed E-state index contributed by atoms with van der Waals surface area (Å²) in [6.07, 6.45) is 0. The van der Waals surface area contributed by atoms with Gasteiger partial charge in [-0.3, -0.25) is 4.79 Å². The van der Waals surface area contributed by atoms with Crippen molar-refractivity contribution in [2.24, 2.45) is 0 Å². The highest BCUT2D eigenvalue weighted by Gasteiger charge is 2.11. The number of hydrogen-bond donors (Lipinski definition) is 1. The molecule has 0 aliphatic heterocycles. The van der Waals surface area contributed by atoms with Crippen molar-refractivity contribution in [3.63, 3.8) is 0 Å². The van der Waals surface area contributed by atoms with E-state index in [-0.39, 0.29) is 5.91 Å². The van der Waals surface area contributed by atoms with E-state index in [1.165, 1.54) is 0 Å². The Labute approximate surface area is 162 Å². The third-order valence-corrected chi connectivity index (χ3v) is 4.56. The van der Waals surface area contributed by atoms with Crippen molar-refractivity contribution >= 4 is 22.6 Å². The normalized spacial score (nSPS) is 10.8. The molecule has 28 heavy (non-hydrogen) atoms. The first-order valence-electron chi connectivity index (χ1n) is 9.02. The summed E-state index contributed by atoms with van der Waals surface area (Å²) in [5.74, 6) is -0.186. The van der Waals surface area contributed by atoms with E-state index in [0.29, 0.717) is 28.0 Å². The van der Waals surface area contributed by atoms with Crippen LogP contribution in [0.3, 0.4) is 0 Å². The second-order valence-electron chi connectivity index (χ2n) is 6.90. The molecule has 4 nitrogen and oxygen atoms in total. The molecule has 0 saturated heterocycles. The average molecular weight is 369 g/mol. The van der Waals surface area contributed by atoms with E-state index < -0.39 is 5.63 Å². The van der Waals surface area contributed by atoms with Gasteiger partial charge in [-0.1, -0.05) is 47.5 Å². The minimum absolute atomic E-state index is 0.186. The van der Waals surface area contributed by atoms with Gasteiger partial charge >= 0.3 is 5.63 Å². The maximum absolute atomic E-state index is 12.6. The first-order chi connectivity index (χ1) is 13.5. The molecular weight excluding hydrogens is 350 g/mol. The van der Waals surface area contributed by atoms with Crippen LogP contribution in [0.2, 0.25) is 0 Å². The molecule has 3 aromatic carbocycles. The fraction of sp³-hybridized carbons (Fsp3) is 0.0833. The molecule has 1 N–H and O–H groups in total. The summed E-state index contributed by atoms with van der Waals surface area (Å²) in [5, 5.41) is 3.76. The van der Waals surface area contributed by atoms with Crippen LogP contribution in [-0.4, -0.2) is 5.91 Å². The number of aryl methyl sites for hydroxylation is 2. The molecule has 1 heterocycles. The molecule has 138 valence electrons. The summed E-state index contributed by atoms with van der Waals surface area (Å²) in [5.41, 5.74) is 4.59. The minimum atomic E-state index is -0.406. The Hall–Kier alpha value is -3.66. The van der Waals surface area contributed by atoms with E-state index in [1.807, 2.05) is 62.4 Å². The second-order valence-corrected chi connectivity index (χ2v) is 6.90. The van der Waals surface area contributed by atoms with E-state index in [9.17, 15) is 9.59 Å². The van der Waals surface area contributed by atoms with Gasteiger partial charge in [-0.05, 0) is 55.8 Å². The predicted octanol–water partition coefficient (Wildman–Crippen LogP) is 5.33. The molecule has 1 aromatic heterocycles. The van der Waals surface area contributed by atoms with Crippen LogP contribution in [0.4, 0.5) is 5.69 Å². The highest BCUT2D eigenvalue weighted by Crippen LogP contribution is 2.24. The van der Waals surface area contributed by atoms with Crippen LogP contribution in [-0.2, 0) is 0 Å². The Bertz CT molecular complexity index is 1230. The number of rotatable bonds is 3. The Morgan fingerprint density at radius 2 is 1.61 bits per heavy atom. The Morgan fingerprint density at radius 1 is 0.857 bits per heavy atom. The molecule has 4 rings (SSSR count). The molecule has 0 fully saturated rings. The molecular formula is C24H19NO3. The van der Waals surface area contributed by atoms with Crippen LogP contribution in [0, 0.1) is 13.8 Å². The van der Waals surface area contributed by atoms with E-state index in [4.69, 9.17) is 4.42 Å². The zero-order chi connectivity index (χ0) is 19.7. The van der Waals surface area contributed by atoms with Crippen LogP contribution < -0.4 is 10.9 Å². The highest BCUT2D eigenvalue weighted by atomic mass is 16.4. The van der Waals surface area contributed by atoms with E-state index >= 15 is 0 Å². The molecule has 0 aliphatic rings. The SMILES string of the molecule is Cc1cc(C)cc(C(=O)Nc2cccc(-c3cc4ccccc4oc3=O)c2)c1.